The predicted molar refractivity (Wildman–Crippen MR) is 67.7 cm³/mol. The van der Waals surface area contributed by atoms with Gasteiger partial charge in [0.05, 0.1) is 11.1 Å². The first-order valence-corrected chi connectivity index (χ1v) is 7.32. The molecule has 1 saturated heterocycles. The maximum Gasteiger partial charge on any atom is 0.244 e. The minimum atomic E-state index is -3.66. The molecule has 2 heterocycles. The highest BCUT2D eigenvalue weighted by atomic mass is 35.5. The van der Waals surface area contributed by atoms with Crippen molar-refractivity contribution in [3.8, 4) is 0 Å². The predicted octanol–water partition coefficient (Wildman–Crippen LogP) is 0.463. The molecule has 0 amide bonds. The highest BCUT2D eigenvalue weighted by Crippen LogP contribution is 2.24. The number of aliphatic hydroxyl groups excluding tert-OH is 1. The van der Waals surface area contributed by atoms with Crippen molar-refractivity contribution in [2.75, 3.05) is 18.8 Å². The van der Waals surface area contributed by atoms with E-state index in [1.807, 2.05) is 0 Å². The van der Waals surface area contributed by atoms with E-state index in [4.69, 9.17) is 17.3 Å². The molecule has 18 heavy (non-hydrogen) atoms. The third-order valence-electron chi connectivity index (χ3n) is 2.84. The Morgan fingerprint density at radius 3 is 2.89 bits per heavy atom. The minimum Gasteiger partial charge on any atom is -0.392 e. The molecule has 0 spiro atoms. The van der Waals surface area contributed by atoms with Crippen LogP contribution in [-0.2, 0) is 10.0 Å². The number of aliphatic hydroxyl groups is 1. The Balaban J connectivity index is 2.32. The summed E-state index contributed by atoms with van der Waals surface area (Å²) in [5.41, 5.74) is 5.44. The van der Waals surface area contributed by atoms with Crippen LogP contribution in [0, 0.1) is 0 Å². The molecule has 1 aromatic rings. The molecule has 6 nitrogen and oxygen atoms in total. The molecular weight excluding hydrogens is 278 g/mol. The monoisotopic (exact) mass is 291 g/mol. The van der Waals surface area contributed by atoms with Crippen LogP contribution < -0.4 is 5.73 Å². The number of sulfonamides is 1. The van der Waals surface area contributed by atoms with E-state index in [2.05, 4.69) is 4.98 Å². The summed E-state index contributed by atoms with van der Waals surface area (Å²) in [4.78, 5) is 3.73. The second-order valence-electron chi connectivity index (χ2n) is 4.20. The lowest BCUT2D eigenvalue weighted by Gasteiger charge is -2.29. The topological polar surface area (TPSA) is 96.5 Å². The fraction of sp³-hybridized carbons (Fsp3) is 0.500. The van der Waals surface area contributed by atoms with E-state index >= 15 is 0 Å². The van der Waals surface area contributed by atoms with E-state index in [1.54, 1.807) is 0 Å². The van der Waals surface area contributed by atoms with E-state index in [9.17, 15) is 13.5 Å². The van der Waals surface area contributed by atoms with Crippen molar-refractivity contribution in [1.82, 2.24) is 9.29 Å². The molecule has 0 aromatic carbocycles. The standard InChI is InChI=1S/C10H14ClN3O3S/c11-9-4-8(5-13-10(9)12)18(16,17)14-3-1-2-7(15)6-14/h4-5,7,15H,1-3,6H2,(H2,12,13). The molecule has 2 rings (SSSR count). The van der Waals surface area contributed by atoms with Crippen molar-refractivity contribution >= 4 is 27.4 Å². The zero-order chi connectivity index (χ0) is 13.3. The summed E-state index contributed by atoms with van der Waals surface area (Å²) in [5.74, 6) is 0.0919. The first-order chi connectivity index (χ1) is 8.41. The van der Waals surface area contributed by atoms with Gasteiger partial charge >= 0.3 is 0 Å². The number of pyridine rings is 1. The van der Waals surface area contributed by atoms with Crippen LogP contribution >= 0.6 is 11.6 Å². The lowest BCUT2D eigenvalue weighted by atomic mass is 10.1. The summed E-state index contributed by atoms with van der Waals surface area (Å²) in [6.07, 6.45) is 1.81. The smallest absolute Gasteiger partial charge is 0.244 e. The summed E-state index contributed by atoms with van der Waals surface area (Å²) >= 11 is 5.77. The van der Waals surface area contributed by atoms with Gasteiger partial charge in [0.25, 0.3) is 0 Å². The highest BCUT2D eigenvalue weighted by molar-refractivity contribution is 7.89. The first kappa shape index (κ1) is 13.5. The maximum atomic E-state index is 12.3. The number of hydrogen-bond donors (Lipinski definition) is 2. The molecule has 0 aliphatic carbocycles. The SMILES string of the molecule is Nc1ncc(S(=O)(=O)N2CCCC(O)C2)cc1Cl. The fourth-order valence-electron chi connectivity index (χ4n) is 1.86. The van der Waals surface area contributed by atoms with Gasteiger partial charge in [-0.2, -0.15) is 4.31 Å². The van der Waals surface area contributed by atoms with Crippen LogP contribution in [0.5, 0.6) is 0 Å². The number of nitrogens with zero attached hydrogens (tertiary/aromatic N) is 2. The number of rotatable bonds is 2. The van der Waals surface area contributed by atoms with Gasteiger partial charge in [0, 0.05) is 19.3 Å². The maximum absolute atomic E-state index is 12.3. The number of hydrogen-bond acceptors (Lipinski definition) is 5. The third kappa shape index (κ3) is 2.59. The van der Waals surface area contributed by atoms with Crippen LogP contribution in [0.3, 0.4) is 0 Å². The Bertz CT molecular complexity index is 549. The van der Waals surface area contributed by atoms with Crippen molar-refractivity contribution in [3.63, 3.8) is 0 Å². The Hall–Kier alpha value is -0.890. The molecule has 1 aliphatic heterocycles. The van der Waals surface area contributed by atoms with Gasteiger partial charge in [-0.1, -0.05) is 11.6 Å². The quantitative estimate of drug-likeness (QED) is 0.825. The molecule has 3 N–H and O–H groups in total. The second kappa shape index (κ2) is 5.00. The zero-order valence-electron chi connectivity index (χ0n) is 9.58. The van der Waals surface area contributed by atoms with E-state index in [0.717, 1.165) is 0 Å². The number of halogens is 1. The number of nitrogens with two attached hydrogens (primary N) is 1. The Morgan fingerprint density at radius 2 is 2.28 bits per heavy atom. The van der Waals surface area contributed by atoms with Crippen molar-refractivity contribution < 1.29 is 13.5 Å². The van der Waals surface area contributed by atoms with Crippen LogP contribution in [0.25, 0.3) is 0 Å². The number of aromatic nitrogens is 1. The van der Waals surface area contributed by atoms with Crippen molar-refractivity contribution in [2.24, 2.45) is 0 Å². The average Bonchev–Trinajstić information content (AvgIpc) is 2.32. The second-order valence-corrected chi connectivity index (χ2v) is 6.54. The Morgan fingerprint density at radius 1 is 1.56 bits per heavy atom. The van der Waals surface area contributed by atoms with Crippen LogP contribution in [0.2, 0.25) is 5.02 Å². The van der Waals surface area contributed by atoms with E-state index in [0.29, 0.717) is 19.4 Å². The van der Waals surface area contributed by atoms with E-state index < -0.39 is 16.1 Å². The minimum absolute atomic E-state index is 0.00389. The van der Waals surface area contributed by atoms with Gasteiger partial charge in [-0.25, -0.2) is 13.4 Å². The Labute approximate surface area is 110 Å². The van der Waals surface area contributed by atoms with Gasteiger partial charge < -0.3 is 10.8 Å². The number of nitrogen functional groups attached to an aromatic ring is 1. The van der Waals surface area contributed by atoms with Gasteiger partial charge in [0.1, 0.15) is 10.7 Å². The molecule has 1 aromatic heterocycles. The van der Waals surface area contributed by atoms with Crippen molar-refractivity contribution in [3.05, 3.63) is 17.3 Å². The number of anilines is 1. The van der Waals surface area contributed by atoms with Gasteiger partial charge in [-0.05, 0) is 18.9 Å². The molecule has 0 bridgehead atoms. The molecule has 8 heteroatoms. The molecule has 1 aliphatic rings. The van der Waals surface area contributed by atoms with Crippen LogP contribution in [0.1, 0.15) is 12.8 Å². The molecule has 1 fully saturated rings. The summed E-state index contributed by atoms with van der Waals surface area (Å²) in [7, 11) is -3.66. The van der Waals surface area contributed by atoms with Crippen LogP contribution in [0.15, 0.2) is 17.2 Å². The largest absolute Gasteiger partial charge is 0.392 e. The summed E-state index contributed by atoms with van der Waals surface area (Å²) in [6.45, 7) is 0.492. The summed E-state index contributed by atoms with van der Waals surface area (Å²) in [5, 5.41) is 9.63. The molecule has 100 valence electrons. The van der Waals surface area contributed by atoms with Gasteiger partial charge in [0.15, 0.2) is 0 Å². The van der Waals surface area contributed by atoms with Crippen molar-refractivity contribution in [2.45, 2.75) is 23.8 Å². The van der Waals surface area contributed by atoms with Gasteiger partial charge in [0.2, 0.25) is 10.0 Å². The molecule has 1 unspecified atom stereocenters. The van der Waals surface area contributed by atoms with Gasteiger partial charge in [-0.15, -0.1) is 0 Å². The average molecular weight is 292 g/mol. The normalized spacial score (nSPS) is 22.0. The highest BCUT2D eigenvalue weighted by Gasteiger charge is 2.30. The molecule has 0 radical (unpaired) electrons. The Kier molecular flexibility index (Phi) is 3.76. The van der Waals surface area contributed by atoms with Crippen LogP contribution in [-0.4, -0.2) is 42.0 Å². The third-order valence-corrected chi connectivity index (χ3v) is 4.97. The van der Waals surface area contributed by atoms with E-state index in [1.165, 1.54) is 16.6 Å². The molecular formula is C10H14ClN3O3S. The van der Waals surface area contributed by atoms with Gasteiger partial charge in [-0.3, -0.25) is 0 Å². The fourth-order valence-corrected chi connectivity index (χ4v) is 3.58. The lowest BCUT2D eigenvalue weighted by molar-refractivity contribution is 0.108. The molecule has 1 atom stereocenters. The summed E-state index contributed by atoms with van der Waals surface area (Å²) in [6, 6.07) is 1.28. The summed E-state index contributed by atoms with van der Waals surface area (Å²) < 4.78 is 25.8. The molecule has 0 saturated carbocycles. The zero-order valence-corrected chi connectivity index (χ0v) is 11.2. The number of β-amino-alcohol motifs (C(OH)–C–C–N with tert-alkyl or cyclic N) is 1. The first-order valence-electron chi connectivity index (χ1n) is 5.50. The lowest BCUT2D eigenvalue weighted by Crippen LogP contribution is -2.42. The number of piperidine rings is 1. The van der Waals surface area contributed by atoms with E-state index in [-0.39, 0.29) is 22.3 Å². The van der Waals surface area contributed by atoms with Crippen LogP contribution in [0.4, 0.5) is 5.82 Å². The van der Waals surface area contributed by atoms with Crippen molar-refractivity contribution in [1.29, 1.82) is 0 Å².